The summed E-state index contributed by atoms with van der Waals surface area (Å²) in [7, 11) is 1.48. The number of hydrogen-bond donors (Lipinski definition) is 1. The van der Waals surface area contributed by atoms with Crippen LogP contribution >= 0.6 is 0 Å². The predicted octanol–water partition coefficient (Wildman–Crippen LogP) is 2.90. The van der Waals surface area contributed by atoms with E-state index in [0.717, 1.165) is 17.7 Å². The minimum atomic E-state index is -0.434. The van der Waals surface area contributed by atoms with Gasteiger partial charge in [0, 0.05) is 13.1 Å². The lowest BCUT2D eigenvalue weighted by Crippen LogP contribution is -2.32. The Morgan fingerprint density at radius 1 is 1.29 bits per heavy atom. The molecule has 108 valence electrons. The van der Waals surface area contributed by atoms with Crippen LogP contribution in [0.2, 0.25) is 0 Å². The van der Waals surface area contributed by atoms with E-state index in [-0.39, 0.29) is 11.7 Å². The molecule has 0 aromatic heterocycles. The third-order valence-electron chi connectivity index (χ3n) is 3.84. The van der Waals surface area contributed by atoms with Crippen LogP contribution in [0, 0.1) is 5.82 Å². The van der Waals surface area contributed by atoms with Gasteiger partial charge in [-0.25, -0.2) is 4.39 Å². The maximum Gasteiger partial charge on any atom is 0.175 e. The van der Waals surface area contributed by atoms with E-state index >= 15 is 0 Å². The molecule has 1 atom stereocenters. The number of halogens is 1. The van der Waals surface area contributed by atoms with Gasteiger partial charge in [0.05, 0.1) is 18.6 Å². The number of Topliss-reactive ketones (excluding diaryl/α,β-unsaturated/α-hetero) is 1. The van der Waals surface area contributed by atoms with Gasteiger partial charge in [-0.05, 0) is 29.3 Å². The Balaban J connectivity index is 2.02. The molecule has 2 aromatic rings. The molecule has 1 aliphatic rings. The first-order valence-electron chi connectivity index (χ1n) is 6.87. The van der Waals surface area contributed by atoms with Crippen molar-refractivity contribution in [3.63, 3.8) is 0 Å². The minimum absolute atomic E-state index is 0.119. The predicted molar refractivity (Wildman–Crippen MR) is 78.2 cm³/mol. The van der Waals surface area contributed by atoms with E-state index in [9.17, 15) is 9.18 Å². The minimum Gasteiger partial charge on any atom is -0.496 e. The van der Waals surface area contributed by atoms with Crippen LogP contribution in [0.1, 0.15) is 27.4 Å². The number of hydrogen-bond acceptors (Lipinski definition) is 3. The Bertz CT molecular complexity index is 684. The van der Waals surface area contributed by atoms with Gasteiger partial charge >= 0.3 is 0 Å². The zero-order valence-electron chi connectivity index (χ0n) is 11.7. The van der Waals surface area contributed by atoms with E-state index in [4.69, 9.17) is 4.74 Å². The summed E-state index contributed by atoms with van der Waals surface area (Å²) in [6, 6.07) is 11.9. The summed E-state index contributed by atoms with van der Waals surface area (Å²) in [5.41, 5.74) is 2.41. The van der Waals surface area contributed by atoms with Gasteiger partial charge in [0.1, 0.15) is 11.6 Å². The highest BCUT2D eigenvalue weighted by atomic mass is 19.1. The lowest BCUT2D eigenvalue weighted by atomic mass is 9.85. The molecule has 2 aromatic carbocycles. The van der Waals surface area contributed by atoms with Crippen molar-refractivity contribution in [1.29, 1.82) is 0 Å². The highest BCUT2D eigenvalue weighted by Crippen LogP contribution is 2.30. The normalized spacial score (nSPS) is 17.1. The number of nitrogens with one attached hydrogen (secondary N) is 1. The number of ether oxygens (including phenoxy) is 1. The summed E-state index contributed by atoms with van der Waals surface area (Å²) >= 11 is 0. The number of carbonyl (C=O) groups excluding carboxylic acids is 1. The Kier molecular flexibility index (Phi) is 3.71. The molecule has 0 aliphatic carbocycles. The zero-order chi connectivity index (χ0) is 14.8. The van der Waals surface area contributed by atoms with E-state index in [1.807, 2.05) is 24.3 Å². The van der Waals surface area contributed by atoms with Crippen molar-refractivity contribution >= 4 is 5.78 Å². The number of fused-ring (bicyclic) bond motifs is 1. The number of carbonyl (C=O) groups is 1. The fourth-order valence-corrected chi connectivity index (χ4v) is 2.79. The number of ketones is 1. The summed E-state index contributed by atoms with van der Waals surface area (Å²) in [4.78, 5) is 12.8. The van der Waals surface area contributed by atoms with Crippen molar-refractivity contribution in [2.24, 2.45) is 0 Å². The van der Waals surface area contributed by atoms with Crippen LogP contribution in [0.25, 0.3) is 0 Å². The van der Waals surface area contributed by atoms with Crippen molar-refractivity contribution in [3.05, 3.63) is 65.0 Å². The molecule has 3 rings (SSSR count). The van der Waals surface area contributed by atoms with Crippen LogP contribution in [0.15, 0.2) is 42.5 Å². The standard InChI is InChI=1S/C17H16FNO2/c1-21-16-7-6-12(18)8-14(16)17(20)15-10-19-9-11-4-2-3-5-13(11)15/h2-8,15,19H,9-10H2,1H3. The molecule has 3 nitrogen and oxygen atoms in total. The molecule has 1 aliphatic heterocycles. The van der Waals surface area contributed by atoms with Crippen molar-refractivity contribution in [3.8, 4) is 5.75 Å². The van der Waals surface area contributed by atoms with E-state index in [1.54, 1.807) is 0 Å². The van der Waals surface area contributed by atoms with E-state index in [2.05, 4.69) is 5.32 Å². The molecule has 4 heteroatoms. The summed E-state index contributed by atoms with van der Waals surface area (Å²) in [6.07, 6.45) is 0. The van der Waals surface area contributed by atoms with Crippen molar-refractivity contribution < 1.29 is 13.9 Å². The van der Waals surface area contributed by atoms with Crippen LogP contribution in [0.3, 0.4) is 0 Å². The van der Waals surface area contributed by atoms with Crippen molar-refractivity contribution in [2.75, 3.05) is 13.7 Å². The van der Waals surface area contributed by atoms with E-state index < -0.39 is 5.82 Å². The molecular weight excluding hydrogens is 269 g/mol. The summed E-state index contributed by atoms with van der Waals surface area (Å²) in [6.45, 7) is 1.30. The second-order valence-electron chi connectivity index (χ2n) is 5.09. The van der Waals surface area contributed by atoms with Crippen molar-refractivity contribution in [2.45, 2.75) is 12.5 Å². The fourth-order valence-electron chi connectivity index (χ4n) is 2.79. The quantitative estimate of drug-likeness (QED) is 0.881. The molecule has 0 fully saturated rings. The third-order valence-corrected chi connectivity index (χ3v) is 3.84. The third kappa shape index (κ3) is 2.54. The summed E-state index contributed by atoms with van der Waals surface area (Å²) in [5.74, 6) is -0.461. The van der Waals surface area contributed by atoms with Crippen LogP contribution < -0.4 is 10.1 Å². The molecule has 1 heterocycles. The van der Waals surface area contributed by atoms with Gasteiger partial charge in [0.15, 0.2) is 5.78 Å². The molecule has 1 N–H and O–H groups in total. The first-order chi connectivity index (χ1) is 10.2. The first-order valence-corrected chi connectivity index (χ1v) is 6.87. The second-order valence-corrected chi connectivity index (χ2v) is 5.09. The monoisotopic (exact) mass is 285 g/mol. The molecule has 0 spiro atoms. The van der Waals surface area contributed by atoms with Crippen LogP contribution in [-0.4, -0.2) is 19.4 Å². The highest BCUT2D eigenvalue weighted by Gasteiger charge is 2.28. The van der Waals surface area contributed by atoms with Gasteiger partial charge in [-0.2, -0.15) is 0 Å². The largest absolute Gasteiger partial charge is 0.496 e. The Morgan fingerprint density at radius 3 is 2.90 bits per heavy atom. The van der Waals surface area contributed by atoms with Gasteiger partial charge < -0.3 is 10.1 Å². The van der Waals surface area contributed by atoms with E-state index in [1.165, 1.54) is 25.3 Å². The average Bonchev–Trinajstić information content (AvgIpc) is 2.53. The lowest BCUT2D eigenvalue weighted by Gasteiger charge is -2.25. The number of methoxy groups -OCH3 is 1. The van der Waals surface area contributed by atoms with Gasteiger partial charge in [-0.1, -0.05) is 24.3 Å². The van der Waals surface area contributed by atoms with Gasteiger partial charge in [-0.15, -0.1) is 0 Å². The van der Waals surface area contributed by atoms with Crippen molar-refractivity contribution in [1.82, 2.24) is 5.32 Å². The Hall–Kier alpha value is -2.20. The molecule has 0 bridgehead atoms. The van der Waals surface area contributed by atoms with Gasteiger partial charge in [0.25, 0.3) is 0 Å². The topological polar surface area (TPSA) is 38.3 Å². The van der Waals surface area contributed by atoms with Crippen LogP contribution in [-0.2, 0) is 6.54 Å². The molecule has 1 unspecified atom stereocenters. The second kappa shape index (κ2) is 5.66. The van der Waals surface area contributed by atoms with Gasteiger partial charge in [-0.3, -0.25) is 4.79 Å². The van der Waals surface area contributed by atoms with Gasteiger partial charge in [0.2, 0.25) is 0 Å². The zero-order valence-corrected chi connectivity index (χ0v) is 11.7. The number of rotatable bonds is 3. The highest BCUT2D eigenvalue weighted by molar-refractivity contribution is 6.03. The molecule has 0 amide bonds. The first kappa shape index (κ1) is 13.8. The molecule has 21 heavy (non-hydrogen) atoms. The number of benzene rings is 2. The van der Waals surface area contributed by atoms with Crippen LogP contribution in [0.4, 0.5) is 4.39 Å². The summed E-state index contributed by atoms with van der Waals surface area (Å²) < 4.78 is 18.7. The molecule has 0 saturated heterocycles. The summed E-state index contributed by atoms with van der Waals surface area (Å²) in [5, 5.41) is 3.24. The lowest BCUT2D eigenvalue weighted by molar-refractivity contribution is 0.0951. The maximum absolute atomic E-state index is 13.5. The smallest absolute Gasteiger partial charge is 0.175 e. The SMILES string of the molecule is COc1ccc(F)cc1C(=O)C1CNCc2ccccc21. The fraction of sp³-hybridized carbons (Fsp3) is 0.235. The molecule has 0 saturated carbocycles. The van der Waals surface area contributed by atoms with E-state index in [0.29, 0.717) is 17.9 Å². The van der Waals surface area contributed by atoms with Crippen LogP contribution in [0.5, 0.6) is 5.75 Å². The molecular formula is C17H16FNO2. The molecule has 0 radical (unpaired) electrons. The maximum atomic E-state index is 13.5. The Morgan fingerprint density at radius 2 is 2.10 bits per heavy atom. The Labute approximate surface area is 122 Å². The average molecular weight is 285 g/mol.